The van der Waals surface area contributed by atoms with E-state index in [9.17, 15) is 4.79 Å². The van der Waals surface area contributed by atoms with Gasteiger partial charge in [0.05, 0.1) is 0 Å². The molecule has 0 radical (unpaired) electrons. The zero-order valence-corrected chi connectivity index (χ0v) is 11.1. The van der Waals surface area contributed by atoms with Crippen LogP contribution >= 0.6 is 0 Å². The van der Waals surface area contributed by atoms with Gasteiger partial charge in [-0.3, -0.25) is 0 Å². The highest BCUT2D eigenvalue weighted by molar-refractivity contribution is 5.91. The van der Waals surface area contributed by atoms with Crippen LogP contribution in [0, 0.1) is 0 Å². The predicted molar refractivity (Wildman–Crippen MR) is 72.5 cm³/mol. The number of benzene rings is 1. The topological polar surface area (TPSA) is 41.1 Å². The second-order valence-electron chi connectivity index (χ2n) is 4.41. The lowest BCUT2D eigenvalue weighted by atomic mass is 10.0. The van der Waals surface area contributed by atoms with Crippen molar-refractivity contribution in [3.8, 4) is 0 Å². The van der Waals surface area contributed by atoms with E-state index in [4.69, 9.17) is 0 Å². The van der Waals surface area contributed by atoms with Crippen LogP contribution in [-0.4, -0.2) is 12.1 Å². The van der Waals surface area contributed by atoms with E-state index in [0.29, 0.717) is 0 Å². The van der Waals surface area contributed by atoms with Gasteiger partial charge in [0.15, 0.2) is 0 Å². The van der Waals surface area contributed by atoms with Crippen LogP contribution in [0.15, 0.2) is 18.2 Å². The number of aryl methyl sites for hydroxylation is 2. The fraction of sp³-hybridized carbons (Fsp3) is 0.500. The third kappa shape index (κ3) is 3.77. The molecule has 0 aliphatic heterocycles. The van der Waals surface area contributed by atoms with Crippen LogP contribution in [0.2, 0.25) is 0 Å². The highest BCUT2D eigenvalue weighted by Crippen LogP contribution is 2.22. The number of nitrogens with one attached hydrogen (secondary N) is 2. The van der Waals surface area contributed by atoms with Crippen molar-refractivity contribution >= 4 is 11.7 Å². The summed E-state index contributed by atoms with van der Waals surface area (Å²) in [7, 11) is 0. The van der Waals surface area contributed by atoms with E-state index in [2.05, 4.69) is 36.6 Å². The molecule has 0 aliphatic rings. The molecule has 0 aliphatic carbocycles. The van der Waals surface area contributed by atoms with Gasteiger partial charge in [-0.15, -0.1) is 0 Å². The van der Waals surface area contributed by atoms with E-state index in [1.807, 2.05) is 19.9 Å². The molecule has 0 unspecified atom stereocenters. The number of hydrogen-bond donors (Lipinski definition) is 2. The molecule has 17 heavy (non-hydrogen) atoms. The Morgan fingerprint density at radius 1 is 1.18 bits per heavy atom. The third-order valence-electron chi connectivity index (χ3n) is 2.66. The molecule has 0 saturated carbocycles. The average Bonchev–Trinajstić information content (AvgIpc) is 2.28. The first-order valence-corrected chi connectivity index (χ1v) is 6.26. The Kier molecular flexibility index (Phi) is 5.01. The molecule has 0 spiro atoms. The number of carbonyl (C=O) groups is 1. The molecule has 94 valence electrons. The van der Waals surface area contributed by atoms with Gasteiger partial charge in [0.1, 0.15) is 0 Å². The van der Waals surface area contributed by atoms with Gasteiger partial charge in [0.2, 0.25) is 0 Å². The molecule has 0 fully saturated rings. The van der Waals surface area contributed by atoms with Gasteiger partial charge in [-0.05, 0) is 37.8 Å². The highest BCUT2D eigenvalue weighted by atomic mass is 16.2. The Bertz CT molecular complexity index is 364. The first-order chi connectivity index (χ1) is 8.08. The number of carbonyl (C=O) groups excluding carboxylic acids is 1. The molecule has 3 nitrogen and oxygen atoms in total. The molecular formula is C14H22N2O. The maximum absolute atomic E-state index is 11.7. The van der Waals surface area contributed by atoms with E-state index in [1.54, 1.807) is 0 Å². The van der Waals surface area contributed by atoms with Crippen LogP contribution in [0.3, 0.4) is 0 Å². The molecule has 2 N–H and O–H groups in total. The van der Waals surface area contributed by atoms with Crippen molar-refractivity contribution in [3.63, 3.8) is 0 Å². The average molecular weight is 234 g/mol. The molecule has 1 aromatic rings. The standard InChI is InChI=1S/C14H22N2O/c1-5-11-8-7-9-12(6-2)13(11)16-14(17)15-10(3)4/h7-10H,5-6H2,1-4H3,(H2,15,16,17). The Labute approximate surface area is 104 Å². The summed E-state index contributed by atoms with van der Waals surface area (Å²) in [5.41, 5.74) is 3.34. The number of anilines is 1. The fourth-order valence-electron chi connectivity index (χ4n) is 1.81. The van der Waals surface area contributed by atoms with Gasteiger partial charge in [0.25, 0.3) is 0 Å². The second-order valence-corrected chi connectivity index (χ2v) is 4.41. The second kappa shape index (κ2) is 6.28. The number of amides is 2. The van der Waals surface area contributed by atoms with Crippen LogP contribution in [-0.2, 0) is 12.8 Å². The van der Waals surface area contributed by atoms with Crippen LogP contribution in [0.4, 0.5) is 10.5 Å². The van der Waals surface area contributed by atoms with E-state index < -0.39 is 0 Å². The molecule has 0 bridgehead atoms. The summed E-state index contributed by atoms with van der Waals surface area (Å²) >= 11 is 0. The Hall–Kier alpha value is -1.51. The number of urea groups is 1. The lowest BCUT2D eigenvalue weighted by Gasteiger charge is -2.16. The summed E-state index contributed by atoms with van der Waals surface area (Å²) in [6.07, 6.45) is 1.84. The van der Waals surface area contributed by atoms with Crippen molar-refractivity contribution in [2.24, 2.45) is 0 Å². The summed E-state index contributed by atoms with van der Waals surface area (Å²) in [5, 5.41) is 5.81. The molecule has 3 heteroatoms. The number of para-hydroxylation sites is 1. The molecule has 0 heterocycles. The van der Waals surface area contributed by atoms with Crippen molar-refractivity contribution < 1.29 is 4.79 Å². The summed E-state index contributed by atoms with van der Waals surface area (Å²) in [5.74, 6) is 0. The summed E-state index contributed by atoms with van der Waals surface area (Å²) < 4.78 is 0. The Morgan fingerprint density at radius 2 is 1.71 bits per heavy atom. The van der Waals surface area contributed by atoms with Crippen LogP contribution in [0.5, 0.6) is 0 Å². The van der Waals surface area contributed by atoms with E-state index in [0.717, 1.165) is 18.5 Å². The van der Waals surface area contributed by atoms with Gasteiger partial charge >= 0.3 is 6.03 Å². The zero-order valence-electron chi connectivity index (χ0n) is 11.1. The van der Waals surface area contributed by atoms with Crippen molar-refractivity contribution in [1.29, 1.82) is 0 Å². The van der Waals surface area contributed by atoms with E-state index in [-0.39, 0.29) is 12.1 Å². The quantitative estimate of drug-likeness (QED) is 0.824. The van der Waals surface area contributed by atoms with Crippen molar-refractivity contribution in [3.05, 3.63) is 29.3 Å². The minimum atomic E-state index is -0.129. The van der Waals surface area contributed by atoms with Gasteiger partial charge in [-0.1, -0.05) is 32.0 Å². The van der Waals surface area contributed by atoms with Crippen LogP contribution in [0.25, 0.3) is 0 Å². The first-order valence-electron chi connectivity index (χ1n) is 6.26. The predicted octanol–water partition coefficient (Wildman–Crippen LogP) is 3.34. The Morgan fingerprint density at radius 3 is 2.12 bits per heavy atom. The van der Waals surface area contributed by atoms with E-state index in [1.165, 1.54) is 11.1 Å². The highest BCUT2D eigenvalue weighted by Gasteiger charge is 2.10. The molecule has 0 atom stereocenters. The largest absolute Gasteiger partial charge is 0.336 e. The van der Waals surface area contributed by atoms with Gasteiger partial charge in [-0.25, -0.2) is 4.79 Å². The maximum atomic E-state index is 11.7. The fourth-order valence-corrected chi connectivity index (χ4v) is 1.81. The van der Waals surface area contributed by atoms with Gasteiger partial charge in [-0.2, -0.15) is 0 Å². The SMILES string of the molecule is CCc1cccc(CC)c1NC(=O)NC(C)C. The third-order valence-corrected chi connectivity index (χ3v) is 2.66. The van der Waals surface area contributed by atoms with Gasteiger partial charge in [0, 0.05) is 11.7 Å². The zero-order chi connectivity index (χ0) is 12.8. The molecule has 0 saturated heterocycles. The van der Waals surface area contributed by atoms with Crippen molar-refractivity contribution in [1.82, 2.24) is 5.32 Å². The number of hydrogen-bond acceptors (Lipinski definition) is 1. The summed E-state index contributed by atoms with van der Waals surface area (Å²) in [4.78, 5) is 11.7. The lowest BCUT2D eigenvalue weighted by Crippen LogP contribution is -2.34. The molecule has 2 amide bonds. The summed E-state index contributed by atoms with van der Waals surface area (Å²) in [6.45, 7) is 8.10. The molecule has 0 aromatic heterocycles. The summed E-state index contributed by atoms with van der Waals surface area (Å²) in [6, 6.07) is 6.18. The first kappa shape index (κ1) is 13.6. The van der Waals surface area contributed by atoms with Crippen LogP contribution < -0.4 is 10.6 Å². The lowest BCUT2D eigenvalue weighted by molar-refractivity contribution is 0.250. The van der Waals surface area contributed by atoms with E-state index >= 15 is 0 Å². The molecular weight excluding hydrogens is 212 g/mol. The maximum Gasteiger partial charge on any atom is 0.319 e. The molecule has 1 rings (SSSR count). The van der Waals surface area contributed by atoms with Crippen LogP contribution in [0.1, 0.15) is 38.8 Å². The van der Waals surface area contributed by atoms with Gasteiger partial charge < -0.3 is 10.6 Å². The smallest absolute Gasteiger partial charge is 0.319 e. The normalized spacial score (nSPS) is 10.4. The number of rotatable bonds is 4. The van der Waals surface area contributed by atoms with Crippen molar-refractivity contribution in [2.75, 3.05) is 5.32 Å². The van der Waals surface area contributed by atoms with Crippen molar-refractivity contribution in [2.45, 2.75) is 46.6 Å². The molecule has 1 aromatic carbocycles. The minimum absolute atomic E-state index is 0.129. The Balaban J connectivity index is 2.91. The minimum Gasteiger partial charge on any atom is -0.336 e. The monoisotopic (exact) mass is 234 g/mol.